The van der Waals surface area contributed by atoms with E-state index in [4.69, 9.17) is 17.2 Å². The maximum absolute atomic E-state index is 9.98. The summed E-state index contributed by atoms with van der Waals surface area (Å²) in [6.45, 7) is 4.51. The number of phenolic OH excluding ortho intramolecular Hbond substituents is 1. The Labute approximate surface area is 142 Å². The molecule has 7 heteroatoms. The minimum atomic E-state index is 0.121. The van der Waals surface area contributed by atoms with Crippen molar-refractivity contribution in [3.63, 3.8) is 0 Å². The molecule has 7 nitrogen and oxygen atoms in total. The summed E-state index contributed by atoms with van der Waals surface area (Å²) in [6.07, 6.45) is 1.76. The molecule has 2 aliphatic heterocycles. The van der Waals surface area contributed by atoms with Crippen LogP contribution >= 0.6 is 0 Å². The molecule has 1 spiro atoms. The first-order chi connectivity index (χ1) is 11.4. The van der Waals surface area contributed by atoms with Gasteiger partial charge in [0.2, 0.25) is 0 Å². The average molecular weight is 330 g/mol. The Morgan fingerprint density at radius 1 is 1.21 bits per heavy atom. The van der Waals surface area contributed by atoms with Gasteiger partial charge in [-0.15, -0.1) is 0 Å². The molecule has 2 saturated heterocycles. The number of hydrogen-bond acceptors (Lipinski definition) is 7. The van der Waals surface area contributed by atoms with E-state index in [1.54, 1.807) is 24.3 Å². The molecule has 2 heterocycles. The number of phenols is 1. The van der Waals surface area contributed by atoms with Crippen LogP contribution in [0.2, 0.25) is 0 Å². The summed E-state index contributed by atoms with van der Waals surface area (Å²) in [5.74, 6) is 0.375. The van der Waals surface area contributed by atoms with Crippen LogP contribution in [0.3, 0.4) is 0 Å². The quantitative estimate of drug-likeness (QED) is 0.468. The molecule has 2 aliphatic rings. The summed E-state index contributed by atoms with van der Waals surface area (Å²) in [6, 6.07) is 6.97. The van der Waals surface area contributed by atoms with E-state index in [0.717, 1.165) is 38.4 Å². The van der Waals surface area contributed by atoms with Crippen LogP contribution in [0.15, 0.2) is 41.9 Å². The molecule has 0 aromatic heterocycles. The van der Waals surface area contributed by atoms with Crippen LogP contribution in [0, 0.1) is 0 Å². The molecule has 8 N–H and O–H groups in total. The summed E-state index contributed by atoms with van der Waals surface area (Å²) < 4.78 is 0. The molecule has 0 amide bonds. The van der Waals surface area contributed by atoms with E-state index in [0.29, 0.717) is 11.3 Å². The van der Waals surface area contributed by atoms with Crippen molar-refractivity contribution in [3.05, 3.63) is 47.4 Å². The second kappa shape index (κ2) is 6.26. The number of piperazine rings is 1. The van der Waals surface area contributed by atoms with E-state index in [-0.39, 0.29) is 17.1 Å². The van der Waals surface area contributed by atoms with Crippen LogP contribution in [-0.2, 0) is 0 Å². The molecule has 0 atom stereocenters. The topological polar surface area (TPSA) is 117 Å². The zero-order chi connectivity index (χ0) is 17.3. The van der Waals surface area contributed by atoms with Crippen molar-refractivity contribution in [1.29, 1.82) is 0 Å². The van der Waals surface area contributed by atoms with Crippen molar-refractivity contribution in [2.45, 2.75) is 5.54 Å². The second-order valence-electron chi connectivity index (χ2n) is 6.63. The van der Waals surface area contributed by atoms with Gasteiger partial charge in [0.05, 0.1) is 11.2 Å². The van der Waals surface area contributed by atoms with Crippen molar-refractivity contribution < 1.29 is 5.11 Å². The number of hydrogen-bond donors (Lipinski definition) is 5. The molecule has 2 fully saturated rings. The number of rotatable bonds is 3. The first-order valence-corrected chi connectivity index (χ1v) is 8.11. The molecule has 0 radical (unpaired) electrons. The summed E-state index contributed by atoms with van der Waals surface area (Å²) in [5.41, 5.74) is 19.9. The molecule has 0 aliphatic carbocycles. The van der Waals surface area contributed by atoms with Crippen molar-refractivity contribution in [1.82, 2.24) is 15.1 Å². The first-order valence-electron chi connectivity index (χ1n) is 8.11. The second-order valence-corrected chi connectivity index (χ2v) is 6.63. The smallest absolute Gasteiger partial charge is 0.124 e. The minimum absolute atomic E-state index is 0.121. The van der Waals surface area contributed by atoms with Gasteiger partial charge in [-0.1, -0.05) is 12.1 Å². The highest BCUT2D eigenvalue weighted by Crippen LogP contribution is 2.28. The number of allylic oxidation sites excluding steroid dienone is 1. The lowest BCUT2D eigenvalue weighted by atomic mass is 9.87. The Kier molecular flexibility index (Phi) is 4.29. The Balaban J connectivity index is 1.87. The van der Waals surface area contributed by atoms with Gasteiger partial charge >= 0.3 is 0 Å². The number of benzene rings is 1. The maximum atomic E-state index is 9.98. The van der Waals surface area contributed by atoms with Crippen LogP contribution in [0.25, 0.3) is 5.70 Å². The normalized spacial score (nSPS) is 20.7. The molecule has 24 heavy (non-hydrogen) atoms. The van der Waals surface area contributed by atoms with Gasteiger partial charge in [0, 0.05) is 44.0 Å². The molecule has 1 aromatic carbocycles. The fourth-order valence-corrected chi connectivity index (χ4v) is 3.36. The van der Waals surface area contributed by atoms with Crippen LogP contribution in [0.5, 0.6) is 5.75 Å². The number of nitrogens with one attached hydrogen (secondary N) is 1. The van der Waals surface area contributed by atoms with E-state index in [9.17, 15) is 5.11 Å². The zero-order valence-corrected chi connectivity index (χ0v) is 14.0. The Hall–Kier alpha value is -2.38. The predicted molar refractivity (Wildman–Crippen MR) is 95.5 cm³/mol. The van der Waals surface area contributed by atoms with E-state index in [2.05, 4.69) is 22.2 Å². The molecule has 1 aromatic rings. The van der Waals surface area contributed by atoms with Gasteiger partial charge in [0.1, 0.15) is 11.6 Å². The third-order valence-electron chi connectivity index (χ3n) is 5.05. The molecule has 0 unspecified atom stereocenters. The van der Waals surface area contributed by atoms with Gasteiger partial charge in [-0.3, -0.25) is 4.90 Å². The molecular formula is C17H26N6O. The van der Waals surface area contributed by atoms with E-state index < -0.39 is 0 Å². The lowest BCUT2D eigenvalue weighted by Crippen LogP contribution is -2.75. The van der Waals surface area contributed by atoms with Gasteiger partial charge in [-0.05, 0) is 25.3 Å². The standard InChI is InChI=1S/C17H26N6O/c1-22-6-7-23(11-17(22)9-21-10-17)14(16(19)20)8-13(18)12-4-2-3-5-15(12)24/h2-5,8,21,24H,6-7,9-11,18-20H2,1H3/b13-8-. The summed E-state index contributed by atoms with van der Waals surface area (Å²) in [5, 5.41) is 13.3. The summed E-state index contributed by atoms with van der Waals surface area (Å²) in [4.78, 5) is 4.57. The predicted octanol–water partition coefficient (Wildman–Crippen LogP) is -0.632. The maximum Gasteiger partial charge on any atom is 0.124 e. The average Bonchev–Trinajstić information content (AvgIpc) is 2.51. The minimum Gasteiger partial charge on any atom is -0.507 e. The molecule has 0 bridgehead atoms. The molecular weight excluding hydrogens is 304 g/mol. The molecule has 0 saturated carbocycles. The van der Waals surface area contributed by atoms with Crippen LogP contribution in [-0.4, -0.2) is 60.2 Å². The fraction of sp³-hybridized carbons (Fsp3) is 0.412. The van der Waals surface area contributed by atoms with Gasteiger partial charge in [0.15, 0.2) is 0 Å². The number of aromatic hydroxyl groups is 1. The molecule has 130 valence electrons. The fourth-order valence-electron chi connectivity index (χ4n) is 3.36. The Morgan fingerprint density at radius 3 is 2.50 bits per heavy atom. The van der Waals surface area contributed by atoms with Crippen LogP contribution in [0.4, 0.5) is 0 Å². The van der Waals surface area contributed by atoms with Crippen LogP contribution < -0.4 is 22.5 Å². The molecule has 3 rings (SSSR count). The SMILES string of the molecule is CN1CCN(C(/C=C(\N)c2ccccc2O)=C(N)N)CC12CNC2. The highest BCUT2D eigenvalue weighted by molar-refractivity contribution is 5.69. The lowest BCUT2D eigenvalue weighted by Gasteiger charge is -2.55. The van der Waals surface area contributed by atoms with E-state index in [1.165, 1.54) is 0 Å². The third-order valence-corrected chi connectivity index (χ3v) is 5.05. The van der Waals surface area contributed by atoms with Gasteiger partial charge in [-0.25, -0.2) is 0 Å². The van der Waals surface area contributed by atoms with Crippen molar-refractivity contribution in [2.75, 3.05) is 39.8 Å². The highest BCUT2D eigenvalue weighted by atomic mass is 16.3. The van der Waals surface area contributed by atoms with Crippen molar-refractivity contribution in [2.24, 2.45) is 17.2 Å². The van der Waals surface area contributed by atoms with E-state index in [1.807, 2.05) is 6.07 Å². The number of para-hydroxylation sites is 1. The van der Waals surface area contributed by atoms with Gasteiger partial charge in [-0.2, -0.15) is 0 Å². The zero-order valence-electron chi connectivity index (χ0n) is 14.0. The largest absolute Gasteiger partial charge is 0.507 e. The Morgan fingerprint density at radius 2 is 1.92 bits per heavy atom. The summed E-state index contributed by atoms with van der Waals surface area (Å²) >= 11 is 0. The number of likely N-dealkylation sites (N-methyl/N-ethyl adjacent to an activating group) is 1. The summed E-state index contributed by atoms with van der Waals surface area (Å²) in [7, 11) is 2.15. The first kappa shape index (κ1) is 16.5. The van der Waals surface area contributed by atoms with E-state index >= 15 is 0 Å². The van der Waals surface area contributed by atoms with Gasteiger partial charge in [0.25, 0.3) is 0 Å². The van der Waals surface area contributed by atoms with Crippen molar-refractivity contribution >= 4 is 5.70 Å². The Bertz CT molecular complexity index is 675. The lowest BCUT2D eigenvalue weighted by molar-refractivity contribution is -0.00607. The monoisotopic (exact) mass is 330 g/mol. The van der Waals surface area contributed by atoms with Crippen molar-refractivity contribution in [3.8, 4) is 5.75 Å². The third kappa shape index (κ3) is 2.88. The number of nitrogens with two attached hydrogens (primary N) is 3. The van der Waals surface area contributed by atoms with Crippen LogP contribution in [0.1, 0.15) is 5.56 Å². The number of nitrogens with zero attached hydrogens (tertiary/aromatic N) is 2. The van der Waals surface area contributed by atoms with Gasteiger partial charge < -0.3 is 32.5 Å². The highest BCUT2D eigenvalue weighted by Gasteiger charge is 2.45.